The van der Waals surface area contributed by atoms with Crippen LogP contribution in [-0.2, 0) is 4.79 Å². The Labute approximate surface area is 159 Å². The van der Waals surface area contributed by atoms with Crippen molar-refractivity contribution in [2.75, 3.05) is 6.61 Å². The first kappa shape index (κ1) is 18.7. The monoisotopic (exact) mass is 457 g/mol. The van der Waals surface area contributed by atoms with E-state index >= 15 is 0 Å². The highest BCUT2D eigenvalue weighted by atomic mass is 127. The molecule has 0 radical (unpaired) electrons. The number of rotatable bonds is 5. The molecule has 0 aliphatic carbocycles. The first-order chi connectivity index (χ1) is 11.3. The van der Waals surface area contributed by atoms with E-state index in [9.17, 15) is 10.1 Å². The number of fused-ring (bicyclic) bond motifs is 1. The number of nitrogens with one attached hydrogen (secondary N) is 1. The maximum absolute atomic E-state index is 12.2. The topological polar surface area (TPSA) is 75.0 Å². The van der Waals surface area contributed by atoms with Crippen LogP contribution in [-0.4, -0.2) is 23.0 Å². The highest BCUT2D eigenvalue weighted by molar-refractivity contribution is 14.1. The molecule has 1 heterocycles. The van der Waals surface area contributed by atoms with Crippen LogP contribution in [0.5, 0.6) is 5.75 Å². The average Bonchev–Trinajstić information content (AvgIpc) is 2.54. The lowest BCUT2D eigenvalue weighted by Gasteiger charge is -2.27. The fraction of sp³-hybridized carbons (Fsp3) is 0.353. The number of carbonyl (C=O) groups is 1. The van der Waals surface area contributed by atoms with E-state index in [1.165, 1.54) is 0 Å². The number of benzene rings is 1. The lowest BCUT2D eigenvalue weighted by molar-refractivity contribution is -0.124. The molecule has 0 saturated heterocycles. The lowest BCUT2D eigenvalue weighted by atomic mass is 9.90. The second-order valence-corrected chi connectivity index (χ2v) is 7.44. The Bertz CT molecular complexity index is 819. The summed E-state index contributed by atoms with van der Waals surface area (Å²) in [7, 11) is 0. The molecule has 1 N–H and O–H groups in total. The van der Waals surface area contributed by atoms with Gasteiger partial charge >= 0.3 is 0 Å². The van der Waals surface area contributed by atoms with Crippen LogP contribution in [0.3, 0.4) is 0 Å². The zero-order chi connectivity index (χ0) is 17.9. The molecule has 0 aliphatic heterocycles. The molecule has 0 bridgehead atoms. The van der Waals surface area contributed by atoms with Gasteiger partial charge in [-0.15, -0.1) is 0 Å². The summed E-state index contributed by atoms with van der Waals surface area (Å²) in [4.78, 5) is 16.5. The number of amides is 1. The summed E-state index contributed by atoms with van der Waals surface area (Å²) < 4.78 is 6.45. The van der Waals surface area contributed by atoms with E-state index in [1.54, 1.807) is 25.3 Å². The van der Waals surface area contributed by atoms with E-state index in [2.05, 4.69) is 39.0 Å². The first-order valence-corrected chi connectivity index (χ1v) is 8.82. The summed E-state index contributed by atoms with van der Waals surface area (Å²) in [5.74, 6) is 0.126. The molecule has 1 aromatic heterocycles. The maximum atomic E-state index is 12.2. The summed E-state index contributed by atoms with van der Waals surface area (Å²) in [5.41, 5.74) is -0.331. The minimum atomic E-state index is -0.937. The van der Waals surface area contributed by atoms with Crippen LogP contribution in [0.2, 0.25) is 5.02 Å². The molecule has 126 valence electrons. The van der Waals surface area contributed by atoms with Crippen molar-refractivity contribution in [1.82, 2.24) is 10.3 Å². The van der Waals surface area contributed by atoms with Gasteiger partial charge in [0.15, 0.2) is 12.4 Å². The second kappa shape index (κ2) is 7.53. The van der Waals surface area contributed by atoms with Crippen LogP contribution in [0.25, 0.3) is 10.9 Å². The van der Waals surface area contributed by atoms with Gasteiger partial charge in [-0.05, 0) is 53.6 Å². The highest BCUT2D eigenvalue weighted by Gasteiger charge is 2.30. The molecule has 2 rings (SSSR count). The quantitative estimate of drug-likeness (QED) is 0.691. The Morgan fingerprint density at radius 1 is 1.58 bits per heavy atom. The lowest BCUT2D eigenvalue weighted by Crippen LogP contribution is -2.50. The fourth-order valence-corrected chi connectivity index (χ4v) is 3.22. The SMILES string of the molecule is CC(C)C(C)(C#N)NC(=O)COc1c(I)cc(Cl)c2cccnc12. The zero-order valence-electron chi connectivity index (χ0n) is 13.6. The molecule has 1 amide bonds. The summed E-state index contributed by atoms with van der Waals surface area (Å²) in [6.07, 6.45) is 1.65. The molecule has 0 fully saturated rings. The van der Waals surface area contributed by atoms with E-state index in [1.807, 2.05) is 19.9 Å². The smallest absolute Gasteiger partial charge is 0.259 e. The molecular weight excluding hydrogens is 441 g/mol. The van der Waals surface area contributed by atoms with E-state index in [4.69, 9.17) is 16.3 Å². The van der Waals surface area contributed by atoms with Gasteiger partial charge in [0.05, 0.1) is 14.7 Å². The molecule has 0 saturated carbocycles. The van der Waals surface area contributed by atoms with E-state index in [0.29, 0.717) is 16.3 Å². The van der Waals surface area contributed by atoms with E-state index in [0.717, 1.165) is 8.96 Å². The van der Waals surface area contributed by atoms with Crippen LogP contribution >= 0.6 is 34.2 Å². The van der Waals surface area contributed by atoms with Gasteiger partial charge in [-0.3, -0.25) is 9.78 Å². The summed E-state index contributed by atoms with van der Waals surface area (Å²) >= 11 is 8.32. The Kier molecular flexibility index (Phi) is 5.88. The van der Waals surface area contributed by atoms with Gasteiger partial charge in [-0.25, -0.2) is 0 Å². The van der Waals surface area contributed by atoms with Gasteiger partial charge in [0, 0.05) is 11.6 Å². The van der Waals surface area contributed by atoms with Crippen molar-refractivity contribution >= 4 is 51.0 Å². The van der Waals surface area contributed by atoms with Crippen molar-refractivity contribution in [1.29, 1.82) is 5.26 Å². The van der Waals surface area contributed by atoms with Crippen molar-refractivity contribution in [3.8, 4) is 11.8 Å². The number of ether oxygens (including phenoxy) is 1. The fourth-order valence-electron chi connectivity index (χ4n) is 2.05. The van der Waals surface area contributed by atoms with Crippen molar-refractivity contribution in [3.63, 3.8) is 0 Å². The maximum Gasteiger partial charge on any atom is 0.259 e. The predicted octanol–water partition coefficient (Wildman–Crippen LogP) is 3.93. The van der Waals surface area contributed by atoms with Crippen molar-refractivity contribution in [2.45, 2.75) is 26.3 Å². The number of nitriles is 1. The van der Waals surface area contributed by atoms with Gasteiger partial charge in [0.2, 0.25) is 0 Å². The number of hydrogen-bond acceptors (Lipinski definition) is 4. The Balaban J connectivity index is 2.20. The Morgan fingerprint density at radius 3 is 2.92 bits per heavy atom. The van der Waals surface area contributed by atoms with Gasteiger partial charge in [0.1, 0.15) is 11.1 Å². The average molecular weight is 458 g/mol. The second-order valence-electron chi connectivity index (χ2n) is 5.87. The molecule has 1 aromatic carbocycles. The summed E-state index contributed by atoms with van der Waals surface area (Å²) in [6, 6.07) is 7.54. The minimum absolute atomic E-state index is 0.0235. The van der Waals surface area contributed by atoms with Crippen LogP contribution in [0.4, 0.5) is 0 Å². The van der Waals surface area contributed by atoms with Gasteiger partial charge in [0.25, 0.3) is 5.91 Å². The molecule has 5 nitrogen and oxygen atoms in total. The van der Waals surface area contributed by atoms with E-state index in [-0.39, 0.29) is 18.4 Å². The molecule has 0 aliphatic rings. The van der Waals surface area contributed by atoms with Crippen LogP contribution in [0, 0.1) is 20.8 Å². The van der Waals surface area contributed by atoms with Crippen molar-refractivity contribution in [3.05, 3.63) is 33.0 Å². The van der Waals surface area contributed by atoms with Gasteiger partial charge < -0.3 is 10.1 Å². The molecular formula is C17H17ClIN3O2. The largest absolute Gasteiger partial charge is 0.480 e. The van der Waals surface area contributed by atoms with E-state index < -0.39 is 5.54 Å². The highest BCUT2D eigenvalue weighted by Crippen LogP contribution is 2.34. The van der Waals surface area contributed by atoms with Gasteiger partial charge in [-0.1, -0.05) is 25.4 Å². The predicted molar refractivity (Wildman–Crippen MR) is 102 cm³/mol. The zero-order valence-corrected chi connectivity index (χ0v) is 16.5. The third-order valence-electron chi connectivity index (χ3n) is 3.88. The van der Waals surface area contributed by atoms with Crippen LogP contribution in [0.15, 0.2) is 24.4 Å². The van der Waals surface area contributed by atoms with Gasteiger partial charge in [-0.2, -0.15) is 5.26 Å². The number of nitrogens with zero attached hydrogens (tertiary/aromatic N) is 2. The first-order valence-electron chi connectivity index (χ1n) is 7.36. The molecule has 2 aromatic rings. The van der Waals surface area contributed by atoms with Crippen LogP contribution < -0.4 is 10.1 Å². The minimum Gasteiger partial charge on any atom is -0.480 e. The number of aromatic nitrogens is 1. The molecule has 1 unspecified atom stereocenters. The normalized spacial score (nSPS) is 13.4. The number of carbonyl (C=O) groups excluding carboxylic acids is 1. The summed E-state index contributed by atoms with van der Waals surface area (Å²) in [5, 5.41) is 13.3. The third-order valence-corrected chi connectivity index (χ3v) is 5.00. The Hall–Kier alpha value is -1.59. The molecule has 0 spiro atoms. The molecule has 7 heteroatoms. The van der Waals surface area contributed by atoms with Crippen molar-refractivity contribution in [2.24, 2.45) is 5.92 Å². The molecule has 1 atom stereocenters. The van der Waals surface area contributed by atoms with Crippen molar-refractivity contribution < 1.29 is 9.53 Å². The molecule has 24 heavy (non-hydrogen) atoms. The van der Waals surface area contributed by atoms with Crippen LogP contribution in [0.1, 0.15) is 20.8 Å². The number of pyridine rings is 1. The number of halogens is 2. The Morgan fingerprint density at radius 2 is 2.29 bits per heavy atom. The standard InChI is InChI=1S/C17H17ClIN3O2/c1-10(2)17(3,9-20)22-14(23)8-24-16-13(19)7-12(18)11-5-4-6-21-15(11)16/h4-7,10H,8H2,1-3H3,(H,22,23). The number of hydrogen-bond donors (Lipinski definition) is 1. The summed E-state index contributed by atoms with van der Waals surface area (Å²) in [6.45, 7) is 5.25. The third kappa shape index (κ3) is 3.90.